The minimum Gasteiger partial charge on any atom is -0.493 e. The lowest BCUT2D eigenvalue weighted by Crippen LogP contribution is -2.22. The molecule has 0 saturated heterocycles. The topological polar surface area (TPSA) is 103 Å². The number of ether oxygens (including phenoxy) is 3. The number of para-hydroxylation sites is 1. The van der Waals surface area contributed by atoms with Crippen LogP contribution in [0.4, 0.5) is 11.4 Å². The van der Waals surface area contributed by atoms with Gasteiger partial charge in [-0.2, -0.15) is 0 Å². The van der Waals surface area contributed by atoms with E-state index in [0.29, 0.717) is 16.5 Å². The van der Waals surface area contributed by atoms with Gasteiger partial charge in [-0.1, -0.05) is 23.7 Å². The Balaban J connectivity index is 2.15. The second-order valence-corrected chi connectivity index (χ2v) is 5.95. The van der Waals surface area contributed by atoms with E-state index in [4.69, 9.17) is 25.8 Å². The van der Waals surface area contributed by atoms with Crippen LogP contribution in [0.5, 0.6) is 11.5 Å². The van der Waals surface area contributed by atoms with Crippen LogP contribution >= 0.6 is 11.6 Å². The molecule has 0 spiro atoms. The third-order valence-electron chi connectivity index (χ3n) is 3.54. The number of halogens is 1. The molecule has 2 aromatic rings. The van der Waals surface area contributed by atoms with Gasteiger partial charge >= 0.3 is 5.97 Å². The van der Waals surface area contributed by atoms with Crippen molar-refractivity contribution in [2.24, 2.45) is 0 Å². The number of carbonyl (C=O) groups excluding carboxylic acids is 3. The first-order valence-electron chi connectivity index (χ1n) is 8.10. The summed E-state index contributed by atoms with van der Waals surface area (Å²) in [6.07, 6.45) is 0. The summed E-state index contributed by atoms with van der Waals surface area (Å²) >= 11 is 5.97. The van der Waals surface area contributed by atoms with Gasteiger partial charge < -0.3 is 24.8 Å². The van der Waals surface area contributed by atoms with Crippen molar-refractivity contribution in [3.05, 3.63) is 47.0 Å². The van der Waals surface area contributed by atoms with Gasteiger partial charge in [-0.05, 0) is 12.1 Å². The summed E-state index contributed by atoms with van der Waals surface area (Å²) in [6.45, 7) is 0.751. The van der Waals surface area contributed by atoms with Gasteiger partial charge in [-0.3, -0.25) is 9.59 Å². The fourth-order valence-corrected chi connectivity index (χ4v) is 2.48. The lowest BCUT2D eigenvalue weighted by molar-refractivity contribution is -0.119. The zero-order valence-electron chi connectivity index (χ0n) is 15.5. The first-order chi connectivity index (χ1) is 13.3. The van der Waals surface area contributed by atoms with E-state index in [1.54, 1.807) is 24.3 Å². The van der Waals surface area contributed by atoms with Crippen LogP contribution in [0.3, 0.4) is 0 Å². The van der Waals surface area contributed by atoms with E-state index in [2.05, 4.69) is 10.6 Å². The highest BCUT2D eigenvalue weighted by atomic mass is 35.5. The molecule has 0 aliphatic carbocycles. The summed E-state index contributed by atoms with van der Waals surface area (Å²) in [5.74, 6) is -1.19. The van der Waals surface area contributed by atoms with Crippen molar-refractivity contribution in [3.63, 3.8) is 0 Å². The number of methoxy groups -OCH3 is 2. The normalized spacial score (nSPS) is 10.0. The summed E-state index contributed by atoms with van der Waals surface area (Å²) in [5, 5.41) is 5.42. The van der Waals surface area contributed by atoms with Gasteiger partial charge in [0.25, 0.3) is 5.91 Å². The van der Waals surface area contributed by atoms with Gasteiger partial charge in [-0.15, -0.1) is 0 Å². The fourth-order valence-electron chi connectivity index (χ4n) is 2.30. The van der Waals surface area contributed by atoms with E-state index >= 15 is 0 Å². The van der Waals surface area contributed by atoms with Crippen LogP contribution in [-0.2, 0) is 14.3 Å². The largest absolute Gasteiger partial charge is 0.493 e. The number of carbonyl (C=O) groups is 3. The SMILES string of the molecule is COc1cc(NC(C)=O)c(C(=O)OCC(=O)Nc2ccccc2Cl)cc1OC. The Morgan fingerprint density at radius 3 is 2.21 bits per heavy atom. The molecule has 0 bridgehead atoms. The second-order valence-electron chi connectivity index (χ2n) is 5.54. The van der Waals surface area contributed by atoms with Crippen LogP contribution in [0, 0.1) is 0 Å². The molecule has 0 fully saturated rings. The quantitative estimate of drug-likeness (QED) is 0.685. The molecule has 0 atom stereocenters. The minimum absolute atomic E-state index is 0.0124. The van der Waals surface area contributed by atoms with Crippen LogP contribution < -0.4 is 20.1 Å². The number of rotatable bonds is 7. The maximum Gasteiger partial charge on any atom is 0.340 e. The lowest BCUT2D eigenvalue weighted by atomic mass is 10.1. The van der Waals surface area contributed by atoms with Crippen molar-refractivity contribution in [2.75, 3.05) is 31.5 Å². The molecule has 0 heterocycles. The van der Waals surface area contributed by atoms with E-state index in [-0.39, 0.29) is 17.0 Å². The summed E-state index contributed by atoms with van der Waals surface area (Å²) < 4.78 is 15.4. The molecule has 0 aromatic heterocycles. The van der Waals surface area contributed by atoms with Gasteiger partial charge in [0.1, 0.15) is 0 Å². The lowest BCUT2D eigenvalue weighted by Gasteiger charge is -2.14. The van der Waals surface area contributed by atoms with Gasteiger partial charge in [0.05, 0.1) is 36.2 Å². The number of hydrogen-bond donors (Lipinski definition) is 2. The number of anilines is 2. The molecule has 148 valence electrons. The Bertz CT molecular complexity index is 900. The highest BCUT2D eigenvalue weighted by Gasteiger charge is 2.20. The predicted octanol–water partition coefficient (Wildman–Crippen LogP) is 3.11. The number of benzene rings is 2. The molecule has 2 aromatic carbocycles. The monoisotopic (exact) mass is 406 g/mol. The minimum atomic E-state index is -0.820. The Hall–Kier alpha value is -3.26. The molecule has 8 nitrogen and oxygen atoms in total. The van der Waals surface area contributed by atoms with Crippen molar-refractivity contribution in [1.29, 1.82) is 0 Å². The maximum atomic E-state index is 12.5. The number of esters is 1. The Kier molecular flexibility index (Phi) is 7.22. The molecule has 0 saturated carbocycles. The van der Waals surface area contributed by atoms with Gasteiger partial charge in [0.2, 0.25) is 5.91 Å². The molecular weight excluding hydrogens is 388 g/mol. The first-order valence-corrected chi connectivity index (χ1v) is 8.48. The summed E-state index contributed by atoms with van der Waals surface area (Å²) in [6, 6.07) is 9.45. The van der Waals surface area contributed by atoms with E-state index in [1.165, 1.54) is 33.3 Å². The van der Waals surface area contributed by atoms with Crippen molar-refractivity contribution in [1.82, 2.24) is 0 Å². The molecule has 0 radical (unpaired) electrons. The molecule has 2 rings (SSSR count). The van der Waals surface area contributed by atoms with Crippen molar-refractivity contribution in [2.45, 2.75) is 6.92 Å². The highest BCUT2D eigenvalue weighted by Crippen LogP contribution is 2.33. The molecule has 9 heteroatoms. The summed E-state index contributed by atoms with van der Waals surface area (Å²) in [4.78, 5) is 35.9. The standard InChI is InChI=1S/C19H19ClN2O6/c1-11(23)21-15-9-17(27-3)16(26-2)8-12(15)19(25)28-10-18(24)22-14-7-5-4-6-13(14)20/h4-9H,10H2,1-3H3,(H,21,23)(H,22,24). The first kappa shape index (κ1) is 21.0. The number of amides is 2. The summed E-state index contributed by atoms with van der Waals surface area (Å²) in [7, 11) is 2.83. The zero-order valence-corrected chi connectivity index (χ0v) is 16.3. The zero-order chi connectivity index (χ0) is 20.7. The molecule has 0 aliphatic rings. The molecule has 2 N–H and O–H groups in total. The van der Waals surface area contributed by atoms with E-state index in [0.717, 1.165) is 0 Å². The van der Waals surface area contributed by atoms with Crippen molar-refractivity contribution < 1.29 is 28.6 Å². The average molecular weight is 407 g/mol. The number of nitrogens with one attached hydrogen (secondary N) is 2. The average Bonchev–Trinajstić information content (AvgIpc) is 2.67. The third kappa shape index (κ3) is 5.37. The molecule has 0 unspecified atom stereocenters. The van der Waals surface area contributed by atoms with Crippen LogP contribution in [0.2, 0.25) is 5.02 Å². The van der Waals surface area contributed by atoms with Crippen LogP contribution in [-0.4, -0.2) is 38.6 Å². The predicted molar refractivity (Wildman–Crippen MR) is 104 cm³/mol. The summed E-state index contributed by atoms with van der Waals surface area (Å²) in [5.41, 5.74) is 0.579. The Labute approximate surface area is 166 Å². The molecule has 0 aliphatic heterocycles. The molecule has 2 amide bonds. The van der Waals surface area contributed by atoms with E-state index in [1.807, 2.05) is 0 Å². The van der Waals surface area contributed by atoms with Crippen molar-refractivity contribution in [3.8, 4) is 11.5 Å². The maximum absolute atomic E-state index is 12.5. The van der Waals surface area contributed by atoms with Gasteiger partial charge in [0.15, 0.2) is 18.1 Å². The molecular formula is C19H19ClN2O6. The number of hydrogen-bond acceptors (Lipinski definition) is 6. The van der Waals surface area contributed by atoms with E-state index in [9.17, 15) is 14.4 Å². The van der Waals surface area contributed by atoms with Crippen molar-refractivity contribution >= 4 is 40.8 Å². The fraction of sp³-hybridized carbons (Fsp3) is 0.211. The smallest absolute Gasteiger partial charge is 0.340 e. The van der Waals surface area contributed by atoms with Crippen LogP contribution in [0.15, 0.2) is 36.4 Å². The van der Waals surface area contributed by atoms with E-state index < -0.39 is 24.4 Å². The second kappa shape index (κ2) is 9.61. The van der Waals surface area contributed by atoms with Crippen LogP contribution in [0.25, 0.3) is 0 Å². The Morgan fingerprint density at radius 2 is 1.61 bits per heavy atom. The van der Waals surface area contributed by atoms with Crippen LogP contribution in [0.1, 0.15) is 17.3 Å². The van der Waals surface area contributed by atoms with Gasteiger partial charge in [-0.25, -0.2) is 4.79 Å². The molecule has 28 heavy (non-hydrogen) atoms. The third-order valence-corrected chi connectivity index (χ3v) is 3.87. The van der Waals surface area contributed by atoms with Gasteiger partial charge in [0, 0.05) is 19.1 Å². The Morgan fingerprint density at radius 1 is 0.964 bits per heavy atom. The highest BCUT2D eigenvalue weighted by molar-refractivity contribution is 6.33.